The van der Waals surface area contributed by atoms with E-state index in [2.05, 4.69) is 18.7 Å². The first kappa shape index (κ1) is 11.9. The zero-order chi connectivity index (χ0) is 10.6. The standard InChI is InChI=1S/C10H20N2OS/c1-10(2)8-12(5-3-7-13-10)6-4-9(11)14/h3-8H2,1-2H3,(H2,11,14). The first-order valence-electron chi connectivity index (χ1n) is 5.14. The summed E-state index contributed by atoms with van der Waals surface area (Å²) in [6.07, 6.45) is 1.91. The van der Waals surface area contributed by atoms with Crippen molar-refractivity contribution in [2.45, 2.75) is 32.3 Å². The van der Waals surface area contributed by atoms with Crippen LogP contribution in [0.25, 0.3) is 0 Å². The van der Waals surface area contributed by atoms with Crippen molar-refractivity contribution in [3.8, 4) is 0 Å². The third-order valence-electron chi connectivity index (χ3n) is 2.39. The van der Waals surface area contributed by atoms with Crippen LogP contribution >= 0.6 is 12.2 Å². The zero-order valence-corrected chi connectivity index (χ0v) is 9.90. The van der Waals surface area contributed by atoms with Gasteiger partial charge < -0.3 is 10.5 Å². The van der Waals surface area contributed by atoms with Crippen molar-refractivity contribution in [1.29, 1.82) is 0 Å². The Labute approximate surface area is 91.6 Å². The van der Waals surface area contributed by atoms with Gasteiger partial charge in [0.25, 0.3) is 0 Å². The second kappa shape index (κ2) is 5.05. The minimum Gasteiger partial charge on any atom is -0.393 e. The average Bonchev–Trinajstić information content (AvgIpc) is 2.22. The van der Waals surface area contributed by atoms with Gasteiger partial charge in [-0.15, -0.1) is 0 Å². The molecule has 0 spiro atoms. The molecule has 4 heteroatoms. The summed E-state index contributed by atoms with van der Waals surface area (Å²) in [4.78, 5) is 2.99. The second-order valence-electron chi connectivity index (χ2n) is 4.45. The quantitative estimate of drug-likeness (QED) is 0.719. The van der Waals surface area contributed by atoms with E-state index in [0.29, 0.717) is 4.99 Å². The molecule has 1 saturated heterocycles. The summed E-state index contributed by atoms with van der Waals surface area (Å²) in [5.41, 5.74) is 5.45. The summed E-state index contributed by atoms with van der Waals surface area (Å²) in [7, 11) is 0. The van der Waals surface area contributed by atoms with Gasteiger partial charge >= 0.3 is 0 Å². The molecule has 0 aliphatic carbocycles. The highest BCUT2D eigenvalue weighted by Gasteiger charge is 2.24. The molecule has 2 N–H and O–H groups in total. The van der Waals surface area contributed by atoms with Gasteiger partial charge in [0.2, 0.25) is 0 Å². The van der Waals surface area contributed by atoms with Crippen LogP contribution in [-0.4, -0.2) is 41.7 Å². The van der Waals surface area contributed by atoms with Crippen molar-refractivity contribution in [2.75, 3.05) is 26.2 Å². The monoisotopic (exact) mass is 216 g/mol. The SMILES string of the molecule is CC1(C)CN(CCC(N)=S)CCCO1. The van der Waals surface area contributed by atoms with Crippen LogP contribution in [-0.2, 0) is 4.74 Å². The van der Waals surface area contributed by atoms with Crippen LogP contribution in [0.4, 0.5) is 0 Å². The van der Waals surface area contributed by atoms with Crippen molar-refractivity contribution < 1.29 is 4.74 Å². The van der Waals surface area contributed by atoms with Gasteiger partial charge in [0.05, 0.1) is 10.6 Å². The fraction of sp³-hybridized carbons (Fsp3) is 0.900. The molecule has 0 aromatic rings. The van der Waals surface area contributed by atoms with Crippen LogP contribution in [0.1, 0.15) is 26.7 Å². The number of nitrogens with zero attached hydrogens (tertiary/aromatic N) is 1. The topological polar surface area (TPSA) is 38.5 Å². The van der Waals surface area contributed by atoms with E-state index in [1.807, 2.05) is 0 Å². The van der Waals surface area contributed by atoms with Crippen molar-refractivity contribution in [1.82, 2.24) is 4.90 Å². The Morgan fingerprint density at radius 3 is 2.93 bits per heavy atom. The van der Waals surface area contributed by atoms with Crippen molar-refractivity contribution in [3.63, 3.8) is 0 Å². The summed E-state index contributed by atoms with van der Waals surface area (Å²) in [6, 6.07) is 0. The maximum absolute atomic E-state index is 5.72. The van der Waals surface area contributed by atoms with Crippen molar-refractivity contribution in [3.05, 3.63) is 0 Å². The van der Waals surface area contributed by atoms with Gasteiger partial charge in [-0.2, -0.15) is 0 Å². The normalized spacial score (nSPS) is 23.0. The van der Waals surface area contributed by atoms with Gasteiger partial charge in [-0.25, -0.2) is 0 Å². The molecule has 0 aromatic carbocycles. The molecule has 0 atom stereocenters. The molecule has 0 amide bonds. The number of ether oxygens (including phenoxy) is 1. The molecule has 1 heterocycles. The lowest BCUT2D eigenvalue weighted by Crippen LogP contribution is -2.39. The van der Waals surface area contributed by atoms with E-state index in [0.717, 1.165) is 39.1 Å². The smallest absolute Gasteiger partial charge is 0.0752 e. The summed E-state index contributed by atoms with van der Waals surface area (Å²) in [5, 5.41) is 0. The molecular weight excluding hydrogens is 196 g/mol. The molecule has 1 aliphatic rings. The third kappa shape index (κ3) is 4.35. The molecule has 1 fully saturated rings. The Kier molecular flexibility index (Phi) is 4.29. The lowest BCUT2D eigenvalue weighted by atomic mass is 10.1. The van der Waals surface area contributed by atoms with Crippen LogP contribution in [0.3, 0.4) is 0 Å². The van der Waals surface area contributed by atoms with Gasteiger partial charge in [0.15, 0.2) is 0 Å². The summed E-state index contributed by atoms with van der Waals surface area (Å²) in [6.45, 7) is 8.14. The number of hydrogen-bond acceptors (Lipinski definition) is 3. The van der Waals surface area contributed by atoms with E-state index in [1.54, 1.807) is 0 Å². The van der Waals surface area contributed by atoms with Gasteiger partial charge in [-0.1, -0.05) is 12.2 Å². The molecule has 1 rings (SSSR count). The second-order valence-corrected chi connectivity index (χ2v) is 4.98. The maximum atomic E-state index is 5.72. The Morgan fingerprint density at radius 1 is 1.57 bits per heavy atom. The molecule has 0 saturated carbocycles. The Bertz CT molecular complexity index is 206. The Balaban J connectivity index is 2.39. The molecule has 0 unspecified atom stereocenters. The van der Waals surface area contributed by atoms with Crippen LogP contribution in [0.15, 0.2) is 0 Å². The predicted octanol–water partition coefficient (Wildman–Crippen LogP) is 1.16. The van der Waals surface area contributed by atoms with Crippen LogP contribution in [0.2, 0.25) is 0 Å². The minimum absolute atomic E-state index is 0.0350. The van der Waals surface area contributed by atoms with E-state index >= 15 is 0 Å². The predicted molar refractivity (Wildman–Crippen MR) is 62.5 cm³/mol. The maximum Gasteiger partial charge on any atom is 0.0752 e. The molecule has 0 bridgehead atoms. The van der Waals surface area contributed by atoms with Gasteiger partial charge in [-0.05, 0) is 20.3 Å². The highest BCUT2D eigenvalue weighted by Crippen LogP contribution is 2.16. The zero-order valence-electron chi connectivity index (χ0n) is 9.08. The number of nitrogens with two attached hydrogens (primary N) is 1. The van der Waals surface area contributed by atoms with E-state index < -0.39 is 0 Å². The fourth-order valence-corrected chi connectivity index (χ4v) is 1.85. The van der Waals surface area contributed by atoms with E-state index in [9.17, 15) is 0 Å². The molecule has 14 heavy (non-hydrogen) atoms. The first-order chi connectivity index (χ1) is 6.49. The largest absolute Gasteiger partial charge is 0.393 e. The lowest BCUT2D eigenvalue weighted by Gasteiger charge is -2.28. The van der Waals surface area contributed by atoms with E-state index in [4.69, 9.17) is 22.7 Å². The summed E-state index contributed by atoms with van der Waals surface area (Å²) >= 11 is 4.87. The number of hydrogen-bond donors (Lipinski definition) is 1. The van der Waals surface area contributed by atoms with Gasteiger partial charge in [-0.3, -0.25) is 4.90 Å². The van der Waals surface area contributed by atoms with E-state index in [-0.39, 0.29) is 5.60 Å². The van der Waals surface area contributed by atoms with Crippen LogP contribution < -0.4 is 5.73 Å². The fourth-order valence-electron chi connectivity index (χ4n) is 1.76. The number of thiocarbonyl (C=S) groups is 1. The highest BCUT2D eigenvalue weighted by atomic mass is 32.1. The van der Waals surface area contributed by atoms with Gasteiger partial charge in [0.1, 0.15) is 0 Å². The molecule has 3 nitrogen and oxygen atoms in total. The lowest BCUT2D eigenvalue weighted by molar-refractivity contribution is -0.0169. The number of rotatable bonds is 3. The molecule has 1 aliphatic heterocycles. The Morgan fingerprint density at radius 2 is 2.29 bits per heavy atom. The Hall–Kier alpha value is -0.190. The van der Waals surface area contributed by atoms with Gasteiger partial charge in [0, 0.05) is 32.7 Å². The van der Waals surface area contributed by atoms with E-state index in [1.165, 1.54) is 0 Å². The minimum atomic E-state index is -0.0350. The molecule has 0 aromatic heterocycles. The summed E-state index contributed by atoms with van der Waals surface area (Å²) in [5.74, 6) is 0. The highest BCUT2D eigenvalue weighted by molar-refractivity contribution is 7.80. The molecule has 0 radical (unpaired) electrons. The average molecular weight is 216 g/mol. The first-order valence-corrected chi connectivity index (χ1v) is 5.55. The van der Waals surface area contributed by atoms with Crippen molar-refractivity contribution in [2.24, 2.45) is 5.73 Å². The van der Waals surface area contributed by atoms with Crippen LogP contribution in [0.5, 0.6) is 0 Å². The summed E-state index contributed by atoms with van der Waals surface area (Å²) < 4.78 is 5.72. The van der Waals surface area contributed by atoms with Crippen molar-refractivity contribution >= 4 is 17.2 Å². The van der Waals surface area contributed by atoms with Crippen LogP contribution in [0, 0.1) is 0 Å². The third-order valence-corrected chi connectivity index (χ3v) is 2.59. The molecule has 82 valence electrons. The molecular formula is C10H20N2OS.